The van der Waals surface area contributed by atoms with Crippen molar-refractivity contribution in [2.45, 2.75) is 57.7 Å². The van der Waals surface area contributed by atoms with Gasteiger partial charge in [0.25, 0.3) is 0 Å². The first-order chi connectivity index (χ1) is 8.70. The minimum absolute atomic E-state index is 0.573. The maximum atomic E-state index is 4.91. The Morgan fingerprint density at radius 1 is 1.50 bits per heavy atom. The predicted molar refractivity (Wildman–Crippen MR) is 82.8 cm³/mol. The molecule has 0 aromatic carbocycles. The Balaban J connectivity index is 2.03. The number of aromatic nitrogens is 1. The summed E-state index contributed by atoms with van der Waals surface area (Å²) in [7, 11) is 0. The summed E-state index contributed by atoms with van der Waals surface area (Å²) in [5.41, 5.74) is 1.41. The average molecular weight is 284 g/mol. The largest absolute Gasteiger partial charge is 0.314 e. The second kappa shape index (κ2) is 6.92. The van der Waals surface area contributed by atoms with E-state index in [2.05, 4.69) is 26.1 Å². The smallest absolute Gasteiger partial charge is 0.103 e. The first-order valence-electron chi connectivity index (χ1n) is 7.00. The van der Waals surface area contributed by atoms with Crippen LogP contribution in [-0.4, -0.2) is 23.3 Å². The Labute approximate surface area is 119 Å². The fourth-order valence-electron chi connectivity index (χ4n) is 2.39. The Morgan fingerprint density at radius 3 is 3.06 bits per heavy atom. The highest BCUT2D eigenvalue weighted by molar-refractivity contribution is 7.98. The van der Waals surface area contributed by atoms with Crippen molar-refractivity contribution < 1.29 is 0 Å². The second-order valence-electron chi connectivity index (χ2n) is 5.21. The number of nitrogens with one attached hydrogen (secondary N) is 1. The van der Waals surface area contributed by atoms with Crippen LogP contribution < -0.4 is 5.32 Å². The van der Waals surface area contributed by atoms with Crippen LogP contribution in [0.15, 0.2) is 0 Å². The van der Waals surface area contributed by atoms with Crippen molar-refractivity contribution in [2.24, 2.45) is 0 Å². The van der Waals surface area contributed by atoms with Gasteiger partial charge in [-0.15, -0.1) is 11.3 Å². The molecule has 4 heteroatoms. The molecule has 0 amide bonds. The first kappa shape index (κ1) is 14.4. The van der Waals surface area contributed by atoms with E-state index in [9.17, 15) is 0 Å². The molecule has 102 valence electrons. The maximum Gasteiger partial charge on any atom is 0.103 e. The van der Waals surface area contributed by atoms with Gasteiger partial charge in [-0.25, -0.2) is 4.98 Å². The van der Waals surface area contributed by atoms with Crippen LogP contribution in [0.5, 0.6) is 0 Å². The molecule has 2 rings (SSSR count). The zero-order valence-electron chi connectivity index (χ0n) is 11.7. The molecule has 1 atom stereocenters. The molecule has 0 radical (unpaired) electrons. The second-order valence-corrected chi connectivity index (χ2v) is 7.65. The molecule has 1 N–H and O–H groups in total. The summed E-state index contributed by atoms with van der Waals surface area (Å²) >= 11 is 3.93. The Bertz CT molecular complexity index is 374. The monoisotopic (exact) mass is 284 g/mol. The molecule has 0 spiro atoms. The van der Waals surface area contributed by atoms with Crippen LogP contribution in [0.4, 0.5) is 0 Å². The van der Waals surface area contributed by atoms with Crippen LogP contribution in [0.1, 0.15) is 55.1 Å². The van der Waals surface area contributed by atoms with E-state index in [1.807, 2.05) is 23.1 Å². The van der Waals surface area contributed by atoms with Crippen LogP contribution in [0.2, 0.25) is 0 Å². The summed E-state index contributed by atoms with van der Waals surface area (Å²) < 4.78 is 0. The van der Waals surface area contributed by atoms with Gasteiger partial charge in [0, 0.05) is 29.1 Å². The van der Waals surface area contributed by atoms with Gasteiger partial charge in [0.15, 0.2) is 0 Å². The van der Waals surface area contributed by atoms with Crippen molar-refractivity contribution in [1.29, 1.82) is 0 Å². The minimum Gasteiger partial charge on any atom is -0.314 e. The average Bonchev–Trinajstić information content (AvgIpc) is 2.76. The van der Waals surface area contributed by atoms with Gasteiger partial charge in [-0.2, -0.15) is 11.8 Å². The van der Waals surface area contributed by atoms with E-state index >= 15 is 0 Å². The van der Waals surface area contributed by atoms with Crippen LogP contribution in [0.3, 0.4) is 0 Å². The van der Waals surface area contributed by atoms with E-state index < -0.39 is 0 Å². The highest BCUT2D eigenvalue weighted by Crippen LogP contribution is 2.35. The molecule has 1 aromatic rings. The summed E-state index contributed by atoms with van der Waals surface area (Å²) in [5.74, 6) is 2.92. The van der Waals surface area contributed by atoms with Crippen LogP contribution in [0, 0.1) is 0 Å². The molecule has 0 saturated carbocycles. The maximum absolute atomic E-state index is 4.91. The fraction of sp³-hybridized carbons (Fsp3) is 0.786. The number of aryl methyl sites for hydroxylation is 1. The number of thioether (sulfide) groups is 1. The van der Waals surface area contributed by atoms with Crippen molar-refractivity contribution in [3.05, 3.63) is 15.6 Å². The SMILES string of the molecule is CCSCc1nc2c(s1)CCCC2CNC(C)C. The van der Waals surface area contributed by atoms with Crippen molar-refractivity contribution in [2.75, 3.05) is 12.3 Å². The Morgan fingerprint density at radius 2 is 2.33 bits per heavy atom. The summed E-state index contributed by atoms with van der Waals surface area (Å²) in [6.45, 7) is 7.74. The van der Waals surface area contributed by atoms with Gasteiger partial charge in [0.05, 0.1) is 5.69 Å². The van der Waals surface area contributed by atoms with Gasteiger partial charge < -0.3 is 5.32 Å². The van der Waals surface area contributed by atoms with E-state index in [0.717, 1.165) is 12.3 Å². The van der Waals surface area contributed by atoms with Crippen molar-refractivity contribution in [3.63, 3.8) is 0 Å². The topological polar surface area (TPSA) is 24.9 Å². The summed E-state index contributed by atoms with van der Waals surface area (Å²) in [6.07, 6.45) is 3.89. The number of fused-ring (bicyclic) bond motifs is 1. The van der Waals surface area contributed by atoms with Crippen LogP contribution in [0.25, 0.3) is 0 Å². The fourth-order valence-corrected chi connectivity index (χ4v) is 4.31. The van der Waals surface area contributed by atoms with E-state index in [4.69, 9.17) is 4.98 Å². The standard InChI is InChI=1S/C14H24N2S2/c1-4-17-9-13-16-14-11(8-15-10(2)3)6-5-7-12(14)18-13/h10-11,15H,4-9H2,1-3H3. The molecule has 0 saturated heterocycles. The minimum atomic E-state index is 0.573. The van der Waals surface area contributed by atoms with Crippen molar-refractivity contribution in [1.82, 2.24) is 10.3 Å². The first-order valence-corrected chi connectivity index (χ1v) is 8.97. The number of rotatable bonds is 6. The molecule has 1 aromatic heterocycles. The molecule has 1 aliphatic carbocycles. The van der Waals surface area contributed by atoms with Gasteiger partial charge in [-0.3, -0.25) is 0 Å². The Kier molecular flexibility index (Phi) is 5.52. The zero-order valence-corrected chi connectivity index (χ0v) is 13.3. The lowest BCUT2D eigenvalue weighted by atomic mass is 9.91. The summed E-state index contributed by atoms with van der Waals surface area (Å²) in [6, 6.07) is 0.573. The van der Waals surface area contributed by atoms with Crippen molar-refractivity contribution >= 4 is 23.1 Å². The number of nitrogens with zero attached hydrogens (tertiary/aromatic N) is 1. The molecule has 1 aliphatic rings. The van der Waals surface area contributed by atoms with Crippen LogP contribution in [-0.2, 0) is 12.2 Å². The molecule has 1 heterocycles. The van der Waals surface area contributed by atoms with Gasteiger partial charge in [0.2, 0.25) is 0 Å². The molecule has 1 unspecified atom stereocenters. The highest BCUT2D eigenvalue weighted by atomic mass is 32.2. The van der Waals surface area contributed by atoms with E-state index in [-0.39, 0.29) is 0 Å². The summed E-state index contributed by atoms with van der Waals surface area (Å²) in [5, 5.41) is 4.90. The molecule has 18 heavy (non-hydrogen) atoms. The molecular formula is C14H24N2S2. The van der Waals surface area contributed by atoms with Gasteiger partial charge in [0.1, 0.15) is 5.01 Å². The number of hydrogen-bond acceptors (Lipinski definition) is 4. The van der Waals surface area contributed by atoms with Crippen LogP contribution >= 0.6 is 23.1 Å². The van der Waals surface area contributed by atoms with E-state index in [1.54, 1.807) is 4.88 Å². The highest BCUT2D eigenvalue weighted by Gasteiger charge is 2.24. The zero-order chi connectivity index (χ0) is 13.0. The third kappa shape index (κ3) is 3.72. The molecular weight excluding hydrogens is 260 g/mol. The predicted octanol–water partition coefficient (Wildman–Crippen LogP) is 3.81. The van der Waals surface area contributed by atoms with Crippen molar-refractivity contribution in [3.8, 4) is 0 Å². The van der Waals surface area contributed by atoms with E-state index in [1.165, 1.54) is 35.7 Å². The third-order valence-electron chi connectivity index (χ3n) is 3.32. The Hall–Kier alpha value is -0.0600. The van der Waals surface area contributed by atoms with Gasteiger partial charge in [-0.05, 0) is 25.0 Å². The molecule has 0 aliphatic heterocycles. The lowest BCUT2D eigenvalue weighted by Gasteiger charge is -2.22. The molecule has 0 bridgehead atoms. The summed E-state index contributed by atoms with van der Waals surface area (Å²) in [4.78, 5) is 6.46. The number of hydrogen-bond donors (Lipinski definition) is 1. The third-order valence-corrected chi connectivity index (χ3v) is 5.52. The van der Waals surface area contributed by atoms with E-state index in [0.29, 0.717) is 12.0 Å². The van der Waals surface area contributed by atoms with Gasteiger partial charge >= 0.3 is 0 Å². The molecule has 2 nitrogen and oxygen atoms in total. The lowest BCUT2D eigenvalue weighted by Crippen LogP contribution is -2.29. The number of thiazole rings is 1. The normalized spacial score (nSPS) is 19.2. The quantitative estimate of drug-likeness (QED) is 0.860. The van der Waals surface area contributed by atoms with Gasteiger partial charge in [-0.1, -0.05) is 20.8 Å². The lowest BCUT2D eigenvalue weighted by molar-refractivity contribution is 0.474. The molecule has 0 fully saturated rings.